The smallest absolute Gasteiger partial charge is 0.174 e. The maximum atomic E-state index is 6.65. The van der Waals surface area contributed by atoms with Gasteiger partial charge in [0.25, 0.3) is 0 Å². The molecule has 0 bridgehead atoms. The molecule has 9 heteroatoms. The van der Waals surface area contributed by atoms with Crippen LogP contribution in [0, 0.1) is 13.8 Å². The number of nitrogens with one attached hydrogen (secondary N) is 1. The maximum absolute atomic E-state index is 6.65. The van der Waals surface area contributed by atoms with Crippen molar-refractivity contribution in [3.63, 3.8) is 0 Å². The van der Waals surface area contributed by atoms with E-state index in [9.17, 15) is 0 Å². The second-order valence-electron chi connectivity index (χ2n) is 8.77. The first kappa shape index (κ1) is 25.4. The number of hydrogen-bond acceptors (Lipinski definition) is 4. The Morgan fingerprint density at radius 2 is 1.76 bits per heavy atom. The number of rotatable bonds is 6. The van der Waals surface area contributed by atoms with Crippen molar-refractivity contribution in [2.45, 2.75) is 25.9 Å². The summed E-state index contributed by atoms with van der Waals surface area (Å²) in [5.74, 6) is 1.39. The van der Waals surface area contributed by atoms with Crippen LogP contribution in [0.1, 0.15) is 34.7 Å². The molecule has 1 aliphatic rings. The summed E-state index contributed by atoms with van der Waals surface area (Å²) in [4.78, 5) is 6.75. The average Bonchev–Trinajstić information content (AvgIpc) is 3.40. The van der Waals surface area contributed by atoms with Crippen molar-refractivity contribution in [3.8, 4) is 17.2 Å². The first-order valence-corrected chi connectivity index (χ1v) is 12.9. The van der Waals surface area contributed by atoms with Crippen molar-refractivity contribution in [3.05, 3.63) is 99.6 Å². The molecule has 0 unspecified atom stereocenters. The molecule has 6 nitrogen and oxygen atoms in total. The van der Waals surface area contributed by atoms with Crippen molar-refractivity contribution >= 4 is 46.2 Å². The summed E-state index contributed by atoms with van der Waals surface area (Å²) in [5.41, 5.74) is 5.61. The number of aromatic nitrogens is 2. The summed E-state index contributed by atoms with van der Waals surface area (Å²) in [6, 6.07) is 19.0. The number of ether oxygens (including phenoxy) is 2. The lowest BCUT2D eigenvalue weighted by Gasteiger charge is -2.29. The topological polar surface area (TPSA) is 51.6 Å². The van der Waals surface area contributed by atoms with E-state index in [1.54, 1.807) is 26.5 Å². The number of methoxy groups -OCH3 is 2. The summed E-state index contributed by atoms with van der Waals surface area (Å²) in [7, 11) is 3.29. The highest BCUT2D eigenvalue weighted by Gasteiger charge is 2.43. The minimum atomic E-state index is -0.235. The lowest BCUT2D eigenvalue weighted by molar-refractivity contribution is 0.403. The zero-order valence-electron chi connectivity index (χ0n) is 20.8. The number of pyridine rings is 1. The van der Waals surface area contributed by atoms with Gasteiger partial charge in [-0.25, -0.2) is 0 Å². The Labute approximate surface area is 231 Å². The Morgan fingerprint density at radius 1 is 0.946 bits per heavy atom. The fourth-order valence-electron chi connectivity index (χ4n) is 5.04. The summed E-state index contributed by atoms with van der Waals surface area (Å²) in [5, 5.41) is 5.09. The minimum absolute atomic E-state index is 0.214. The molecule has 0 spiro atoms. The molecule has 2 aromatic heterocycles. The van der Waals surface area contributed by atoms with Gasteiger partial charge in [0.2, 0.25) is 0 Å². The third kappa shape index (κ3) is 4.41. The first-order chi connectivity index (χ1) is 17.8. The molecule has 0 radical (unpaired) electrons. The van der Waals surface area contributed by atoms with E-state index < -0.39 is 0 Å². The van der Waals surface area contributed by atoms with Crippen molar-refractivity contribution in [1.29, 1.82) is 0 Å². The van der Waals surface area contributed by atoms with Gasteiger partial charge in [-0.3, -0.25) is 4.98 Å². The molecule has 4 aromatic rings. The second kappa shape index (κ2) is 10.2. The first-order valence-electron chi connectivity index (χ1n) is 11.7. The van der Waals surface area contributed by atoms with Gasteiger partial charge in [0.15, 0.2) is 5.11 Å². The van der Waals surface area contributed by atoms with Gasteiger partial charge in [-0.15, -0.1) is 0 Å². The largest absolute Gasteiger partial charge is 0.497 e. The molecule has 2 aromatic carbocycles. The molecular weight excluding hydrogens is 527 g/mol. The molecule has 0 aliphatic carbocycles. The highest BCUT2D eigenvalue weighted by Crippen LogP contribution is 2.47. The summed E-state index contributed by atoms with van der Waals surface area (Å²) >= 11 is 18.9. The molecule has 1 saturated heterocycles. The fourth-order valence-corrected chi connectivity index (χ4v) is 5.76. The lowest BCUT2D eigenvalue weighted by atomic mass is 9.96. The second-order valence-corrected chi connectivity index (χ2v) is 9.94. The van der Waals surface area contributed by atoms with Crippen LogP contribution >= 0.6 is 35.4 Å². The Kier molecular flexibility index (Phi) is 7.03. The summed E-state index contributed by atoms with van der Waals surface area (Å²) in [6.45, 7) is 4.14. The van der Waals surface area contributed by atoms with Gasteiger partial charge in [-0.1, -0.05) is 35.3 Å². The minimum Gasteiger partial charge on any atom is -0.497 e. The average molecular weight is 554 g/mol. The highest BCUT2D eigenvalue weighted by molar-refractivity contribution is 7.80. The van der Waals surface area contributed by atoms with E-state index in [1.165, 1.54) is 0 Å². The molecule has 1 aliphatic heterocycles. The molecule has 1 fully saturated rings. The normalized spacial score (nSPS) is 17.1. The van der Waals surface area contributed by atoms with Gasteiger partial charge in [0.1, 0.15) is 11.5 Å². The van der Waals surface area contributed by atoms with Gasteiger partial charge in [0.05, 0.1) is 53.4 Å². The molecular formula is C28H26Cl2N4O2S. The molecule has 1 N–H and O–H groups in total. The fraction of sp³-hybridized carbons (Fsp3) is 0.214. The molecule has 3 heterocycles. The summed E-state index contributed by atoms with van der Waals surface area (Å²) < 4.78 is 13.4. The number of anilines is 1. The zero-order valence-corrected chi connectivity index (χ0v) is 23.2. The number of aryl methyl sites for hydroxylation is 1. The Bertz CT molecular complexity index is 1470. The van der Waals surface area contributed by atoms with Crippen LogP contribution in [0.15, 0.2) is 66.9 Å². The van der Waals surface area contributed by atoms with E-state index in [4.69, 9.17) is 44.9 Å². The van der Waals surface area contributed by atoms with Crippen LogP contribution in [-0.4, -0.2) is 28.9 Å². The van der Waals surface area contributed by atoms with Crippen LogP contribution in [0.2, 0.25) is 10.0 Å². The van der Waals surface area contributed by atoms with Crippen LogP contribution < -0.4 is 19.7 Å². The SMILES string of the molecule is COc1ccc(OC)c(N2C(=S)N[C@@H](c3ccccn3)[C@H]2c2cc(C)n(-c3cccc(Cl)c3Cl)c2C)c1. The van der Waals surface area contributed by atoms with Crippen LogP contribution in [0.3, 0.4) is 0 Å². The van der Waals surface area contributed by atoms with Crippen LogP contribution in [0.4, 0.5) is 5.69 Å². The number of halogens is 2. The van der Waals surface area contributed by atoms with E-state index in [-0.39, 0.29) is 12.1 Å². The van der Waals surface area contributed by atoms with Crippen molar-refractivity contribution in [2.75, 3.05) is 19.1 Å². The van der Waals surface area contributed by atoms with Gasteiger partial charge in [-0.2, -0.15) is 0 Å². The van der Waals surface area contributed by atoms with Crippen LogP contribution in [0.5, 0.6) is 11.5 Å². The van der Waals surface area contributed by atoms with Crippen molar-refractivity contribution < 1.29 is 9.47 Å². The third-order valence-electron chi connectivity index (χ3n) is 6.70. The maximum Gasteiger partial charge on any atom is 0.174 e. The van der Waals surface area contributed by atoms with E-state index in [0.29, 0.717) is 26.7 Å². The van der Waals surface area contributed by atoms with E-state index in [0.717, 1.165) is 34.0 Å². The van der Waals surface area contributed by atoms with Gasteiger partial charge >= 0.3 is 0 Å². The quantitative estimate of drug-likeness (QED) is 0.260. The zero-order chi connectivity index (χ0) is 26.3. The molecule has 5 rings (SSSR count). The molecule has 2 atom stereocenters. The van der Waals surface area contributed by atoms with Crippen molar-refractivity contribution in [1.82, 2.24) is 14.9 Å². The monoisotopic (exact) mass is 552 g/mol. The Balaban J connectivity index is 1.73. The van der Waals surface area contributed by atoms with E-state index >= 15 is 0 Å². The predicted octanol–water partition coefficient (Wildman–Crippen LogP) is 6.99. The number of benzene rings is 2. The van der Waals surface area contributed by atoms with Gasteiger partial charge in [0, 0.05) is 23.7 Å². The lowest BCUT2D eigenvalue weighted by Crippen LogP contribution is -2.30. The summed E-state index contributed by atoms with van der Waals surface area (Å²) in [6.07, 6.45) is 1.79. The van der Waals surface area contributed by atoms with E-state index in [1.807, 2.05) is 48.5 Å². The third-order valence-corrected chi connectivity index (χ3v) is 7.83. The molecule has 0 amide bonds. The number of hydrogen-bond donors (Lipinski definition) is 1. The van der Waals surface area contributed by atoms with Gasteiger partial charge < -0.3 is 24.3 Å². The highest BCUT2D eigenvalue weighted by atomic mass is 35.5. The number of thiocarbonyl (C=S) groups is 1. The standard InChI is InChI=1S/C28H26Cl2N4O2S/c1-16-14-19(17(2)33(16)22-10-7-8-20(29)25(22)30)27-26(21-9-5-6-13-31-21)32-28(37)34(27)23-15-18(35-3)11-12-24(23)36-4/h5-15,26-27H,1-4H3,(H,32,37)/t26-,27+/m0/s1. The molecule has 0 saturated carbocycles. The van der Waals surface area contributed by atoms with Gasteiger partial charge in [-0.05, 0) is 74.1 Å². The molecule has 190 valence electrons. The Morgan fingerprint density at radius 3 is 2.46 bits per heavy atom. The Hall–Kier alpha value is -3.26. The molecule has 37 heavy (non-hydrogen) atoms. The van der Waals surface area contributed by atoms with Crippen molar-refractivity contribution in [2.24, 2.45) is 0 Å². The van der Waals surface area contributed by atoms with Crippen LogP contribution in [-0.2, 0) is 0 Å². The van der Waals surface area contributed by atoms with E-state index in [2.05, 4.69) is 39.7 Å². The predicted molar refractivity (Wildman–Crippen MR) is 153 cm³/mol. The number of nitrogens with zero attached hydrogens (tertiary/aromatic N) is 3. The van der Waals surface area contributed by atoms with Crippen LogP contribution in [0.25, 0.3) is 5.69 Å².